The minimum absolute atomic E-state index is 0.233. The summed E-state index contributed by atoms with van der Waals surface area (Å²) in [5.41, 5.74) is 6.20. The van der Waals surface area contributed by atoms with Gasteiger partial charge in [-0.2, -0.15) is 0 Å². The number of nitrogens with two attached hydrogens (primary N) is 1. The molecule has 1 aliphatic rings. The molecule has 2 N–H and O–H groups in total. The van der Waals surface area contributed by atoms with Gasteiger partial charge in [0.1, 0.15) is 0 Å². The van der Waals surface area contributed by atoms with E-state index in [1.165, 1.54) is 0 Å². The number of primary amides is 1. The number of rotatable bonds is 3. The summed E-state index contributed by atoms with van der Waals surface area (Å²) in [6, 6.07) is 3.56. The number of aryl methyl sites for hydroxylation is 1. The number of amides is 1. The van der Waals surface area contributed by atoms with Crippen LogP contribution in [0.2, 0.25) is 0 Å². The average Bonchev–Trinajstić information content (AvgIpc) is 2.91. The van der Waals surface area contributed by atoms with Gasteiger partial charge in [0.05, 0.1) is 6.10 Å². The molecule has 1 amide bonds. The van der Waals surface area contributed by atoms with E-state index in [0.717, 1.165) is 18.5 Å². The number of carbonyl (C=O) groups is 1. The van der Waals surface area contributed by atoms with Crippen molar-refractivity contribution in [2.24, 2.45) is 5.73 Å². The molecular weight excluding hydrogens is 180 g/mol. The van der Waals surface area contributed by atoms with Gasteiger partial charge in [-0.15, -0.1) is 0 Å². The highest BCUT2D eigenvalue weighted by Crippen LogP contribution is 2.28. The first kappa shape index (κ1) is 8.99. The summed E-state index contributed by atoms with van der Waals surface area (Å²) in [5.74, 6) is -0.0325. The van der Waals surface area contributed by atoms with Gasteiger partial charge in [0.15, 0.2) is 11.4 Å². The molecule has 0 spiro atoms. The summed E-state index contributed by atoms with van der Waals surface area (Å²) in [5, 5.41) is 0. The van der Waals surface area contributed by atoms with Crippen molar-refractivity contribution in [3.8, 4) is 5.75 Å². The third-order valence-corrected chi connectivity index (χ3v) is 2.05. The van der Waals surface area contributed by atoms with Gasteiger partial charge in [-0.25, -0.2) is 4.98 Å². The molecule has 0 atom stereocenters. The molecule has 4 nitrogen and oxygen atoms in total. The molecule has 0 radical (unpaired) electrons. The van der Waals surface area contributed by atoms with Crippen molar-refractivity contribution < 1.29 is 9.53 Å². The van der Waals surface area contributed by atoms with E-state index in [1.807, 2.05) is 13.0 Å². The van der Waals surface area contributed by atoms with E-state index in [0.29, 0.717) is 5.75 Å². The maximum atomic E-state index is 11.1. The van der Waals surface area contributed by atoms with Crippen molar-refractivity contribution in [1.82, 2.24) is 4.98 Å². The van der Waals surface area contributed by atoms with Crippen LogP contribution in [-0.4, -0.2) is 17.0 Å². The lowest BCUT2D eigenvalue weighted by Crippen LogP contribution is -2.16. The minimum Gasteiger partial charge on any atom is -0.488 e. The Morgan fingerprint density at radius 3 is 2.86 bits per heavy atom. The van der Waals surface area contributed by atoms with Crippen LogP contribution in [-0.2, 0) is 0 Å². The van der Waals surface area contributed by atoms with Crippen LogP contribution in [0.25, 0.3) is 0 Å². The fraction of sp³-hybridized carbons (Fsp3) is 0.400. The molecule has 4 heteroatoms. The highest BCUT2D eigenvalue weighted by molar-refractivity contribution is 5.93. The number of pyridine rings is 1. The summed E-state index contributed by atoms with van der Waals surface area (Å²) in [7, 11) is 0. The number of ether oxygens (including phenoxy) is 1. The van der Waals surface area contributed by atoms with E-state index in [4.69, 9.17) is 10.5 Å². The second kappa shape index (κ2) is 3.29. The van der Waals surface area contributed by atoms with Crippen LogP contribution in [0, 0.1) is 6.92 Å². The van der Waals surface area contributed by atoms with Crippen LogP contribution >= 0.6 is 0 Å². The Hall–Kier alpha value is -1.58. The van der Waals surface area contributed by atoms with Crippen molar-refractivity contribution >= 4 is 5.91 Å². The zero-order valence-corrected chi connectivity index (χ0v) is 7.99. The molecule has 1 heterocycles. The quantitative estimate of drug-likeness (QED) is 0.777. The maximum absolute atomic E-state index is 11.1. The van der Waals surface area contributed by atoms with Gasteiger partial charge in [0.2, 0.25) is 0 Å². The van der Waals surface area contributed by atoms with Gasteiger partial charge in [0.25, 0.3) is 5.91 Å². The smallest absolute Gasteiger partial charge is 0.271 e. The molecule has 14 heavy (non-hydrogen) atoms. The molecule has 74 valence electrons. The molecule has 1 fully saturated rings. The highest BCUT2D eigenvalue weighted by Gasteiger charge is 2.25. The summed E-state index contributed by atoms with van der Waals surface area (Å²) in [6.07, 6.45) is 2.34. The lowest BCUT2D eigenvalue weighted by molar-refractivity contribution is 0.0990. The van der Waals surface area contributed by atoms with E-state index in [2.05, 4.69) is 4.98 Å². The molecule has 0 aromatic carbocycles. The predicted octanol–water partition coefficient (Wildman–Crippen LogP) is 1.03. The fourth-order valence-electron chi connectivity index (χ4n) is 1.18. The van der Waals surface area contributed by atoms with Gasteiger partial charge in [-0.1, -0.05) is 0 Å². The van der Waals surface area contributed by atoms with Crippen LogP contribution in [0.15, 0.2) is 12.1 Å². The predicted molar refractivity (Wildman–Crippen MR) is 51.1 cm³/mol. The van der Waals surface area contributed by atoms with Crippen LogP contribution in [0.3, 0.4) is 0 Å². The van der Waals surface area contributed by atoms with Gasteiger partial charge in [-0.3, -0.25) is 4.79 Å². The molecule has 1 aliphatic carbocycles. The molecule has 0 aliphatic heterocycles. The molecule has 0 saturated heterocycles. The van der Waals surface area contributed by atoms with E-state index in [-0.39, 0.29) is 11.8 Å². The van der Waals surface area contributed by atoms with Crippen LogP contribution in [0.1, 0.15) is 29.0 Å². The Kier molecular flexibility index (Phi) is 2.11. The molecule has 1 aromatic heterocycles. The third-order valence-electron chi connectivity index (χ3n) is 2.05. The fourth-order valence-corrected chi connectivity index (χ4v) is 1.18. The lowest BCUT2D eigenvalue weighted by atomic mass is 10.3. The normalized spacial score (nSPS) is 15.2. The van der Waals surface area contributed by atoms with Crippen molar-refractivity contribution in [3.63, 3.8) is 0 Å². The summed E-state index contributed by atoms with van der Waals surface area (Å²) >= 11 is 0. The average molecular weight is 192 g/mol. The van der Waals surface area contributed by atoms with Crippen LogP contribution < -0.4 is 10.5 Å². The van der Waals surface area contributed by atoms with E-state index >= 15 is 0 Å². The van der Waals surface area contributed by atoms with E-state index < -0.39 is 5.91 Å². The van der Waals surface area contributed by atoms with Crippen molar-refractivity contribution in [3.05, 3.63) is 23.5 Å². The van der Waals surface area contributed by atoms with Crippen LogP contribution in [0.5, 0.6) is 5.75 Å². The number of aromatic nitrogens is 1. The Balaban J connectivity index is 2.31. The summed E-state index contributed by atoms with van der Waals surface area (Å²) < 4.78 is 5.51. The van der Waals surface area contributed by atoms with Gasteiger partial charge in [0, 0.05) is 5.69 Å². The lowest BCUT2D eigenvalue weighted by Gasteiger charge is -2.07. The first-order valence-corrected chi connectivity index (χ1v) is 4.61. The molecule has 1 saturated carbocycles. The second-order valence-electron chi connectivity index (χ2n) is 3.48. The second-order valence-corrected chi connectivity index (χ2v) is 3.48. The standard InChI is InChI=1S/C10H12N2O2/c1-6-2-5-8(14-7-3-4-7)9(12-6)10(11)13/h2,5,7H,3-4H2,1H3,(H2,11,13). The Labute approximate surface area is 82.1 Å². The number of carbonyl (C=O) groups excluding carboxylic acids is 1. The number of nitrogens with zero attached hydrogens (tertiary/aromatic N) is 1. The first-order chi connectivity index (χ1) is 6.66. The first-order valence-electron chi connectivity index (χ1n) is 4.61. The highest BCUT2D eigenvalue weighted by atomic mass is 16.5. The number of hydrogen-bond acceptors (Lipinski definition) is 3. The maximum Gasteiger partial charge on any atom is 0.271 e. The van der Waals surface area contributed by atoms with Crippen molar-refractivity contribution in [2.45, 2.75) is 25.9 Å². The Morgan fingerprint density at radius 1 is 1.57 bits per heavy atom. The monoisotopic (exact) mass is 192 g/mol. The van der Waals surface area contributed by atoms with Gasteiger partial charge in [-0.05, 0) is 31.9 Å². The van der Waals surface area contributed by atoms with Gasteiger partial charge < -0.3 is 10.5 Å². The molecule has 0 bridgehead atoms. The van der Waals surface area contributed by atoms with Crippen molar-refractivity contribution in [1.29, 1.82) is 0 Å². The van der Waals surface area contributed by atoms with E-state index in [1.54, 1.807) is 6.07 Å². The zero-order valence-electron chi connectivity index (χ0n) is 7.99. The molecule has 0 unspecified atom stereocenters. The molecule has 1 aromatic rings. The minimum atomic E-state index is -0.538. The topological polar surface area (TPSA) is 65.2 Å². The largest absolute Gasteiger partial charge is 0.488 e. The van der Waals surface area contributed by atoms with Crippen molar-refractivity contribution in [2.75, 3.05) is 0 Å². The van der Waals surface area contributed by atoms with E-state index in [9.17, 15) is 4.79 Å². The number of hydrogen-bond donors (Lipinski definition) is 1. The Bertz CT molecular complexity index is 372. The molecule has 2 rings (SSSR count). The zero-order chi connectivity index (χ0) is 10.1. The SMILES string of the molecule is Cc1ccc(OC2CC2)c(C(N)=O)n1. The third kappa shape index (κ3) is 1.84. The summed E-state index contributed by atoms with van der Waals surface area (Å²) in [6.45, 7) is 1.81. The van der Waals surface area contributed by atoms with Gasteiger partial charge >= 0.3 is 0 Å². The Morgan fingerprint density at radius 2 is 2.29 bits per heavy atom. The van der Waals surface area contributed by atoms with Crippen LogP contribution in [0.4, 0.5) is 0 Å². The summed E-state index contributed by atoms with van der Waals surface area (Å²) in [4.78, 5) is 15.1. The molecular formula is C10H12N2O2.